The first-order valence-corrected chi connectivity index (χ1v) is 9.65. The molecule has 0 aliphatic carbocycles. The molecule has 0 bridgehead atoms. The van der Waals surface area contributed by atoms with Crippen LogP contribution in [0.4, 0.5) is 0 Å². The fourth-order valence-electron chi connectivity index (χ4n) is 2.37. The molecular formula is C16H15BrN4O3S. The molecule has 1 aromatic heterocycles. The van der Waals surface area contributed by atoms with E-state index in [9.17, 15) is 13.5 Å². The average Bonchev–Trinajstić information content (AvgIpc) is 2.99. The lowest BCUT2D eigenvalue weighted by Crippen LogP contribution is -2.12. The maximum Gasteiger partial charge on any atom is 0.238 e. The van der Waals surface area contributed by atoms with E-state index >= 15 is 0 Å². The number of benzene rings is 2. The molecule has 130 valence electrons. The summed E-state index contributed by atoms with van der Waals surface area (Å²) in [5, 5.41) is 18.7. The van der Waals surface area contributed by atoms with Crippen molar-refractivity contribution < 1.29 is 13.5 Å². The molecule has 0 saturated heterocycles. The van der Waals surface area contributed by atoms with Crippen molar-refractivity contribution in [1.29, 1.82) is 0 Å². The normalized spacial score (nSPS) is 11.6. The van der Waals surface area contributed by atoms with Crippen LogP contribution in [0.2, 0.25) is 0 Å². The number of aliphatic hydroxyl groups excluding tert-OH is 1. The monoisotopic (exact) mass is 422 g/mol. The standard InChI is InChI=1S/C16H15BrN4O3S/c17-14-4-2-1-3-11(14)9-16-19-15(10-22)20-21(16)12-5-7-13(8-6-12)25(18,23)24/h1-8,22H,9-10H2,(H2,18,23,24). The van der Waals surface area contributed by atoms with Crippen LogP contribution < -0.4 is 5.14 Å². The molecule has 9 heteroatoms. The predicted molar refractivity (Wildman–Crippen MR) is 95.6 cm³/mol. The highest BCUT2D eigenvalue weighted by atomic mass is 79.9. The van der Waals surface area contributed by atoms with Crippen molar-refractivity contribution in [2.45, 2.75) is 17.9 Å². The molecule has 3 N–H and O–H groups in total. The number of aliphatic hydroxyl groups is 1. The third kappa shape index (κ3) is 3.96. The van der Waals surface area contributed by atoms with Gasteiger partial charge in [0.1, 0.15) is 12.4 Å². The van der Waals surface area contributed by atoms with E-state index in [1.807, 2.05) is 24.3 Å². The van der Waals surface area contributed by atoms with Gasteiger partial charge in [0.05, 0.1) is 10.6 Å². The van der Waals surface area contributed by atoms with Gasteiger partial charge in [-0.2, -0.15) is 0 Å². The Bertz CT molecular complexity index is 1000. The summed E-state index contributed by atoms with van der Waals surface area (Å²) in [5.74, 6) is 0.914. The van der Waals surface area contributed by atoms with Gasteiger partial charge in [-0.25, -0.2) is 23.2 Å². The minimum atomic E-state index is -3.76. The summed E-state index contributed by atoms with van der Waals surface area (Å²) >= 11 is 3.50. The van der Waals surface area contributed by atoms with Crippen molar-refractivity contribution in [2.24, 2.45) is 5.14 Å². The number of nitrogens with two attached hydrogens (primary N) is 1. The molecule has 2 aromatic carbocycles. The lowest BCUT2D eigenvalue weighted by Gasteiger charge is -2.08. The zero-order valence-corrected chi connectivity index (χ0v) is 15.4. The summed E-state index contributed by atoms with van der Waals surface area (Å²) in [6.45, 7) is -0.286. The van der Waals surface area contributed by atoms with Gasteiger partial charge in [0.2, 0.25) is 10.0 Å². The Hall–Kier alpha value is -2.07. The Morgan fingerprint density at radius 2 is 1.80 bits per heavy atom. The van der Waals surface area contributed by atoms with Crippen LogP contribution in [0.25, 0.3) is 5.69 Å². The number of aromatic nitrogens is 3. The molecule has 0 radical (unpaired) electrons. The second-order valence-corrected chi connectivity index (χ2v) is 7.74. The van der Waals surface area contributed by atoms with E-state index in [2.05, 4.69) is 26.0 Å². The van der Waals surface area contributed by atoms with Crippen molar-refractivity contribution in [2.75, 3.05) is 0 Å². The molecule has 25 heavy (non-hydrogen) atoms. The maximum absolute atomic E-state index is 11.4. The zero-order chi connectivity index (χ0) is 18.0. The van der Waals surface area contributed by atoms with E-state index in [-0.39, 0.29) is 17.3 Å². The van der Waals surface area contributed by atoms with E-state index in [1.54, 1.807) is 16.8 Å². The van der Waals surface area contributed by atoms with Crippen LogP contribution in [0.1, 0.15) is 17.2 Å². The number of halogens is 1. The van der Waals surface area contributed by atoms with Crippen LogP contribution >= 0.6 is 15.9 Å². The van der Waals surface area contributed by atoms with Gasteiger partial charge in [0, 0.05) is 10.9 Å². The van der Waals surface area contributed by atoms with Crippen molar-refractivity contribution in [3.8, 4) is 5.69 Å². The first-order chi connectivity index (χ1) is 11.9. The molecule has 0 unspecified atom stereocenters. The van der Waals surface area contributed by atoms with Crippen molar-refractivity contribution in [3.05, 3.63) is 70.2 Å². The topological polar surface area (TPSA) is 111 Å². The quantitative estimate of drug-likeness (QED) is 0.650. The van der Waals surface area contributed by atoms with E-state index < -0.39 is 10.0 Å². The number of hydrogen-bond acceptors (Lipinski definition) is 5. The summed E-state index contributed by atoms with van der Waals surface area (Å²) in [7, 11) is -3.76. The van der Waals surface area contributed by atoms with Crippen molar-refractivity contribution in [1.82, 2.24) is 14.8 Å². The molecule has 0 amide bonds. The van der Waals surface area contributed by atoms with Crippen LogP contribution in [0.3, 0.4) is 0 Å². The number of nitrogens with zero attached hydrogens (tertiary/aromatic N) is 3. The SMILES string of the molecule is NS(=O)(=O)c1ccc(-n2nc(CO)nc2Cc2ccccc2Br)cc1. The van der Waals surface area contributed by atoms with E-state index in [1.165, 1.54) is 12.1 Å². The van der Waals surface area contributed by atoms with Gasteiger partial charge in [-0.15, -0.1) is 5.10 Å². The Labute approximate surface area is 153 Å². The van der Waals surface area contributed by atoms with Gasteiger partial charge < -0.3 is 5.11 Å². The van der Waals surface area contributed by atoms with Crippen LogP contribution in [-0.4, -0.2) is 28.3 Å². The molecule has 0 aliphatic heterocycles. The summed E-state index contributed by atoms with van der Waals surface area (Å²) < 4.78 is 25.3. The first kappa shape index (κ1) is 17.7. The van der Waals surface area contributed by atoms with E-state index in [4.69, 9.17) is 5.14 Å². The molecule has 0 spiro atoms. The van der Waals surface area contributed by atoms with Crippen LogP contribution in [-0.2, 0) is 23.1 Å². The highest BCUT2D eigenvalue weighted by Gasteiger charge is 2.14. The minimum absolute atomic E-state index is 0.0195. The fourth-order valence-corrected chi connectivity index (χ4v) is 3.31. The number of hydrogen-bond donors (Lipinski definition) is 2. The third-order valence-electron chi connectivity index (χ3n) is 3.58. The second kappa shape index (κ2) is 7.04. The number of sulfonamides is 1. The fraction of sp³-hybridized carbons (Fsp3) is 0.125. The first-order valence-electron chi connectivity index (χ1n) is 7.31. The Morgan fingerprint density at radius 3 is 2.40 bits per heavy atom. The lowest BCUT2D eigenvalue weighted by molar-refractivity contribution is 0.271. The molecule has 3 aromatic rings. The van der Waals surface area contributed by atoms with Gasteiger partial charge in [-0.05, 0) is 35.9 Å². The van der Waals surface area contributed by atoms with Crippen molar-refractivity contribution in [3.63, 3.8) is 0 Å². The lowest BCUT2D eigenvalue weighted by atomic mass is 10.1. The largest absolute Gasteiger partial charge is 0.388 e. The summed E-state index contributed by atoms with van der Waals surface area (Å²) in [6, 6.07) is 13.8. The number of primary sulfonamides is 1. The summed E-state index contributed by atoms with van der Waals surface area (Å²) in [6.07, 6.45) is 0.491. The molecule has 7 nitrogen and oxygen atoms in total. The highest BCUT2D eigenvalue weighted by molar-refractivity contribution is 9.10. The van der Waals surface area contributed by atoms with Gasteiger partial charge in [-0.3, -0.25) is 0 Å². The summed E-state index contributed by atoms with van der Waals surface area (Å²) in [5.41, 5.74) is 1.64. The van der Waals surface area contributed by atoms with Gasteiger partial charge >= 0.3 is 0 Å². The van der Waals surface area contributed by atoms with Crippen LogP contribution in [0.15, 0.2) is 57.9 Å². The maximum atomic E-state index is 11.4. The van der Waals surface area contributed by atoms with Crippen molar-refractivity contribution >= 4 is 26.0 Å². The van der Waals surface area contributed by atoms with E-state index in [0.29, 0.717) is 17.9 Å². The molecule has 0 fully saturated rings. The highest BCUT2D eigenvalue weighted by Crippen LogP contribution is 2.21. The summed E-state index contributed by atoms with van der Waals surface area (Å²) in [4.78, 5) is 4.37. The molecule has 3 rings (SSSR count). The Kier molecular flexibility index (Phi) is 5.00. The van der Waals surface area contributed by atoms with Gasteiger partial charge in [0.25, 0.3) is 0 Å². The predicted octanol–water partition coefficient (Wildman–Crippen LogP) is 1.76. The second-order valence-electron chi connectivity index (χ2n) is 5.32. The molecule has 1 heterocycles. The third-order valence-corrected chi connectivity index (χ3v) is 5.28. The number of rotatable bonds is 5. The van der Waals surface area contributed by atoms with Crippen LogP contribution in [0, 0.1) is 0 Å². The Balaban J connectivity index is 2.01. The average molecular weight is 423 g/mol. The van der Waals surface area contributed by atoms with Gasteiger partial charge in [-0.1, -0.05) is 34.1 Å². The van der Waals surface area contributed by atoms with Crippen LogP contribution in [0.5, 0.6) is 0 Å². The zero-order valence-electron chi connectivity index (χ0n) is 13.0. The Morgan fingerprint density at radius 1 is 1.12 bits per heavy atom. The smallest absolute Gasteiger partial charge is 0.238 e. The molecular weight excluding hydrogens is 408 g/mol. The molecule has 0 aliphatic rings. The molecule has 0 saturated carbocycles. The van der Waals surface area contributed by atoms with Gasteiger partial charge in [0.15, 0.2) is 5.82 Å². The molecule has 0 atom stereocenters. The van der Waals surface area contributed by atoms with E-state index in [0.717, 1.165) is 10.0 Å². The minimum Gasteiger partial charge on any atom is -0.388 e.